The second-order valence-electron chi connectivity index (χ2n) is 5.46. The molecule has 3 amide bonds. The van der Waals surface area contributed by atoms with Gasteiger partial charge in [-0.3, -0.25) is 9.59 Å². The van der Waals surface area contributed by atoms with Crippen LogP contribution in [0.1, 0.15) is 40.5 Å². The number of carboxylic acids is 1. The Bertz CT molecular complexity index is 356. The molecule has 0 aliphatic heterocycles. The normalized spacial score (nSPS) is 12.3. The lowest BCUT2D eigenvalue weighted by Gasteiger charge is -2.31. The van der Waals surface area contributed by atoms with Crippen molar-refractivity contribution in [1.82, 2.24) is 10.2 Å². The molecule has 0 radical (unpaired) electrons. The average Bonchev–Trinajstić information content (AvgIpc) is 2.25. The van der Waals surface area contributed by atoms with Crippen LogP contribution < -0.4 is 11.1 Å². The maximum absolute atomic E-state index is 12.4. The summed E-state index contributed by atoms with van der Waals surface area (Å²) in [6, 6.07) is -1.62. The highest BCUT2D eigenvalue weighted by molar-refractivity contribution is 5.87. The number of carbonyl (C=O) groups excluding carboxylic acids is 2. The number of nitrogens with two attached hydrogens (primary N) is 1. The SMILES string of the molecule is CC(C)CC(NC(N)=O)C(=O)N(CCC(=O)O)C(C)C. The fourth-order valence-electron chi connectivity index (χ4n) is 1.90. The van der Waals surface area contributed by atoms with Crippen LogP contribution in [0.5, 0.6) is 0 Å². The van der Waals surface area contributed by atoms with Crippen LogP contribution in [-0.2, 0) is 9.59 Å². The highest BCUT2D eigenvalue weighted by Crippen LogP contribution is 2.11. The first kappa shape index (κ1) is 18.2. The van der Waals surface area contributed by atoms with E-state index in [0.29, 0.717) is 6.42 Å². The van der Waals surface area contributed by atoms with Gasteiger partial charge in [0.2, 0.25) is 5.91 Å². The van der Waals surface area contributed by atoms with Gasteiger partial charge >= 0.3 is 12.0 Å². The number of carboxylic acid groups (broad SMARTS) is 1. The number of amides is 3. The van der Waals surface area contributed by atoms with Crippen LogP contribution in [0.25, 0.3) is 0 Å². The number of hydrogen-bond acceptors (Lipinski definition) is 3. The number of hydrogen-bond donors (Lipinski definition) is 3. The highest BCUT2D eigenvalue weighted by Gasteiger charge is 2.27. The van der Waals surface area contributed by atoms with E-state index in [0.717, 1.165) is 0 Å². The molecule has 0 aromatic heterocycles. The van der Waals surface area contributed by atoms with Crippen LogP contribution in [0.15, 0.2) is 0 Å². The third-order valence-electron chi connectivity index (χ3n) is 2.79. The van der Waals surface area contributed by atoms with Crippen LogP contribution in [0, 0.1) is 5.92 Å². The molecular weight excluding hydrogens is 262 g/mol. The summed E-state index contributed by atoms with van der Waals surface area (Å²) in [5, 5.41) is 11.2. The number of nitrogens with zero attached hydrogens (tertiary/aromatic N) is 1. The van der Waals surface area contributed by atoms with E-state index in [1.54, 1.807) is 13.8 Å². The van der Waals surface area contributed by atoms with Crippen molar-refractivity contribution in [1.29, 1.82) is 0 Å². The second-order valence-corrected chi connectivity index (χ2v) is 5.46. The Labute approximate surface area is 119 Å². The predicted octanol–water partition coefficient (Wildman–Crippen LogP) is 0.781. The summed E-state index contributed by atoms with van der Waals surface area (Å²) in [6.45, 7) is 7.58. The zero-order valence-electron chi connectivity index (χ0n) is 12.5. The standard InChI is InChI=1S/C13H25N3O4/c1-8(2)7-10(15-13(14)20)12(19)16(9(3)4)6-5-11(17)18/h8-10H,5-7H2,1-4H3,(H,17,18)(H3,14,15,20). The Hall–Kier alpha value is -1.79. The van der Waals surface area contributed by atoms with E-state index >= 15 is 0 Å². The van der Waals surface area contributed by atoms with Crippen molar-refractivity contribution < 1.29 is 19.5 Å². The zero-order chi connectivity index (χ0) is 15.9. The maximum Gasteiger partial charge on any atom is 0.312 e. The molecule has 0 saturated carbocycles. The second kappa shape index (κ2) is 8.39. The van der Waals surface area contributed by atoms with Gasteiger partial charge in [-0.15, -0.1) is 0 Å². The lowest BCUT2D eigenvalue weighted by atomic mass is 10.0. The van der Waals surface area contributed by atoms with E-state index < -0.39 is 18.0 Å². The van der Waals surface area contributed by atoms with E-state index in [1.807, 2.05) is 13.8 Å². The van der Waals surface area contributed by atoms with Crippen molar-refractivity contribution in [3.8, 4) is 0 Å². The largest absolute Gasteiger partial charge is 0.481 e. The Morgan fingerprint density at radius 2 is 1.75 bits per heavy atom. The van der Waals surface area contributed by atoms with Crippen LogP contribution in [0.3, 0.4) is 0 Å². The lowest BCUT2D eigenvalue weighted by Crippen LogP contribution is -2.52. The lowest BCUT2D eigenvalue weighted by molar-refractivity contribution is -0.140. The van der Waals surface area contributed by atoms with Crippen molar-refractivity contribution >= 4 is 17.9 Å². The molecule has 7 heteroatoms. The molecule has 1 atom stereocenters. The van der Waals surface area contributed by atoms with E-state index in [9.17, 15) is 14.4 Å². The topological polar surface area (TPSA) is 113 Å². The minimum atomic E-state index is -0.966. The van der Waals surface area contributed by atoms with Gasteiger partial charge in [-0.25, -0.2) is 4.79 Å². The monoisotopic (exact) mass is 287 g/mol. The highest BCUT2D eigenvalue weighted by atomic mass is 16.4. The number of rotatable bonds is 8. The maximum atomic E-state index is 12.4. The summed E-state index contributed by atoms with van der Waals surface area (Å²) >= 11 is 0. The first-order valence-electron chi connectivity index (χ1n) is 6.73. The van der Waals surface area contributed by atoms with E-state index in [4.69, 9.17) is 10.8 Å². The Balaban J connectivity index is 4.93. The third-order valence-corrected chi connectivity index (χ3v) is 2.79. The molecule has 4 N–H and O–H groups in total. The number of primary amides is 1. The average molecular weight is 287 g/mol. The summed E-state index contributed by atoms with van der Waals surface area (Å²) < 4.78 is 0. The van der Waals surface area contributed by atoms with Gasteiger partial charge in [0.1, 0.15) is 6.04 Å². The quantitative estimate of drug-likeness (QED) is 0.612. The molecule has 0 rings (SSSR count). The molecule has 116 valence electrons. The first-order valence-corrected chi connectivity index (χ1v) is 6.73. The van der Waals surface area contributed by atoms with Crippen molar-refractivity contribution in [2.24, 2.45) is 11.7 Å². The predicted molar refractivity (Wildman–Crippen MR) is 75.1 cm³/mol. The summed E-state index contributed by atoms with van der Waals surface area (Å²) in [5.41, 5.74) is 5.09. The molecule has 0 aliphatic carbocycles. The van der Waals surface area contributed by atoms with Crippen molar-refractivity contribution in [2.45, 2.75) is 52.6 Å². The number of carbonyl (C=O) groups is 3. The molecule has 1 unspecified atom stereocenters. The molecule has 20 heavy (non-hydrogen) atoms. The van der Waals surface area contributed by atoms with Gasteiger partial charge in [0.15, 0.2) is 0 Å². The molecular formula is C13H25N3O4. The molecule has 0 bridgehead atoms. The minimum Gasteiger partial charge on any atom is -0.481 e. The fourth-order valence-corrected chi connectivity index (χ4v) is 1.90. The van der Waals surface area contributed by atoms with Gasteiger partial charge in [0, 0.05) is 12.6 Å². The minimum absolute atomic E-state index is 0.112. The summed E-state index contributed by atoms with van der Waals surface area (Å²) in [6.07, 6.45) is 0.326. The molecule has 7 nitrogen and oxygen atoms in total. The van der Waals surface area contributed by atoms with Gasteiger partial charge in [0.25, 0.3) is 0 Å². The first-order chi connectivity index (χ1) is 9.15. The van der Waals surface area contributed by atoms with E-state index in [-0.39, 0.29) is 30.8 Å². The van der Waals surface area contributed by atoms with Gasteiger partial charge in [-0.05, 0) is 26.2 Å². The van der Waals surface area contributed by atoms with Gasteiger partial charge in [-0.1, -0.05) is 13.8 Å². The smallest absolute Gasteiger partial charge is 0.312 e. The molecule has 0 aliphatic rings. The third kappa shape index (κ3) is 6.96. The summed E-state index contributed by atoms with van der Waals surface area (Å²) in [4.78, 5) is 35.5. The van der Waals surface area contributed by atoms with Gasteiger partial charge in [0.05, 0.1) is 6.42 Å². The summed E-state index contributed by atoms with van der Waals surface area (Å²) in [7, 11) is 0. The number of nitrogens with one attached hydrogen (secondary N) is 1. The van der Waals surface area contributed by atoms with Crippen molar-refractivity contribution in [3.63, 3.8) is 0 Å². The molecule has 0 aromatic carbocycles. The van der Waals surface area contributed by atoms with Crippen LogP contribution in [0.2, 0.25) is 0 Å². The number of urea groups is 1. The molecule has 0 heterocycles. The fraction of sp³-hybridized carbons (Fsp3) is 0.769. The van der Waals surface area contributed by atoms with Crippen LogP contribution in [-0.4, -0.2) is 46.5 Å². The zero-order valence-corrected chi connectivity index (χ0v) is 12.5. The van der Waals surface area contributed by atoms with E-state index in [1.165, 1.54) is 4.90 Å². The van der Waals surface area contributed by atoms with Crippen LogP contribution in [0.4, 0.5) is 4.79 Å². The Morgan fingerprint density at radius 3 is 2.10 bits per heavy atom. The molecule has 0 saturated heterocycles. The van der Waals surface area contributed by atoms with E-state index in [2.05, 4.69) is 5.32 Å². The number of aliphatic carboxylic acids is 1. The summed E-state index contributed by atoms with van der Waals surface area (Å²) in [5.74, 6) is -1.07. The Kier molecular flexibility index (Phi) is 7.64. The Morgan fingerprint density at radius 1 is 1.20 bits per heavy atom. The molecule has 0 fully saturated rings. The van der Waals surface area contributed by atoms with Crippen LogP contribution >= 0.6 is 0 Å². The van der Waals surface area contributed by atoms with Crippen molar-refractivity contribution in [2.75, 3.05) is 6.54 Å². The van der Waals surface area contributed by atoms with Crippen molar-refractivity contribution in [3.05, 3.63) is 0 Å². The van der Waals surface area contributed by atoms with Gasteiger partial charge < -0.3 is 21.1 Å². The molecule has 0 spiro atoms. The van der Waals surface area contributed by atoms with Gasteiger partial charge in [-0.2, -0.15) is 0 Å². The molecule has 0 aromatic rings.